The molecule has 1 amide bonds. The van der Waals surface area contributed by atoms with Gasteiger partial charge < -0.3 is 15.3 Å². The summed E-state index contributed by atoms with van der Waals surface area (Å²) in [5.74, 6) is -0.192. The Morgan fingerprint density at radius 3 is 3.00 bits per heavy atom. The highest BCUT2D eigenvalue weighted by molar-refractivity contribution is 7.17. The molecule has 27 heavy (non-hydrogen) atoms. The second-order valence-corrected chi connectivity index (χ2v) is 7.56. The van der Waals surface area contributed by atoms with E-state index in [1.807, 2.05) is 24.4 Å². The van der Waals surface area contributed by atoms with Crippen molar-refractivity contribution in [3.63, 3.8) is 0 Å². The molecule has 8 heteroatoms. The molecule has 1 saturated heterocycles. The Bertz CT molecular complexity index is 993. The van der Waals surface area contributed by atoms with Gasteiger partial charge in [-0.05, 0) is 42.5 Å². The fourth-order valence-corrected chi connectivity index (χ4v) is 4.01. The Labute approximate surface area is 159 Å². The summed E-state index contributed by atoms with van der Waals surface area (Å²) in [6.07, 6.45) is 0.0896. The molecule has 6 nitrogen and oxygen atoms in total. The number of aliphatic hydroxyl groups excluding tert-OH is 1. The standard InChI is InChI=1S/C19H19FN4O2S/c1-11(12-3-2-4-13(20)9-12)21-19-22-15-6-8-27-17(15)16(23-19)18(26)24-7-5-14(25)10-24/h2-4,6,8-9,11,14,25H,5,7,10H2,1H3,(H,21,22,23)/t11?,14-/m0/s1. The molecule has 0 bridgehead atoms. The molecule has 1 unspecified atom stereocenters. The van der Waals surface area contributed by atoms with Crippen LogP contribution in [0.5, 0.6) is 0 Å². The molecule has 2 N–H and O–H groups in total. The van der Waals surface area contributed by atoms with Crippen LogP contribution in [0.25, 0.3) is 10.2 Å². The van der Waals surface area contributed by atoms with Gasteiger partial charge in [0, 0.05) is 13.1 Å². The summed E-state index contributed by atoms with van der Waals surface area (Å²) >= 11 is 1.42. The van der Waals surface area contributed by atoms with E-state index in [2.05, 4.69) is 15.3 Å². The number of aliphatic hydroxyl groups is 1. The minimum absolute atomic E-state index is 0.206. The molecule has 140 valence electrons. The summed E-state index contributed by atoms with van der Waals surface area (Å²) in [4.78, 5) is 23.5. The maximum absolute atomic E-state index is 13.5. The highest BCUT2D eigenvalue weighted by Crippen LogP contribution is 2.27. The third kappa shape index (κ3) is 3.63. The van der Waals surface area contributed by atoms with E-state index in [1.165, 1.54) is 23.5 Å². The Kier molecular flexibility index (Phi) is 4.75. The first-order valence-corrected chi connectivity index (χ1v) is 9.64. The lowest BCUT2D eigenvalue weighted by Crippen LogP contribution is -2.30. The van der Waals surface area contributed by atoms with E-state index in [9.17, 15) is 14.3 Å². The molecule has 4 rings (SSSR count). The second kappa shape index (κ2) is 7.21. The number of β-amino-alcohol motifs (C(OH)–C–C–N with tert-alkyl or cyclic N) is 1. The molecule has 1 fully saturated rings. The number of nitrogens with one attached hydrogen (secondary N) is 1. The van der Waals surface area contributed by atoms with Gasteiger partial charge in [-0.1, -0.05) is 12.1 Å². The van der Waals surface area contributed by atoms with Crippen LogP contribution in [0.2, 0.25) is 0 Å². The van der Waals surface area contributed by atoms with Crippen LogP contribution < -0.4 is 5.32 Å². The van der Waals surface area contributed by atoms with Gasteiger partial charge in [-0.2, -0.15) is 0 Å². The summed E-state index contributed by atoms with van der Waals surface area (Å²) in [5.41, 5.74) is 1.78. The number of fused-ring (bicyclic) bond motifs is 1. The largest absolute Gasteiger partial charge is 0.391 e. The molecule has 3 heterocycles. The third-order valence-electron chi connectivity index (χ3n) is 4.65. The number of anilines is 1. The molecule has 0 aliphatic carbocycles. The zero-order valence-electron chi connectivity index (χ0n) is 14.7. The number of rotatable bonds is 4. The van der Waals surface area contributed by atoms with Crippen molar-refractivity contribution in [3.05, 3.63) is 52.8 Å². The summed E-state index contributed by atoms with van der Waals surface area (Å²) in [7, 11) is 0. The van der Waals surface area contributed by atoms with Crippen molar-refractivity contribution < 1.29 is 14.3 Å². The lowest BCUT2D eigenvalue weighted by Gasteiger charge is -2.18. The first-order valence-electron chi connectivity index (χ1n) is 8.76. The molecule has 1 aliphatic rings. The number of hydrogen-bond donors (Lipinski definition) is 2. The van der Waals surface area contributed by atoms with Gasteiger partial charge in [0.1, 0.15) is 5.82 Å². The number of likely N-dealkylation sites (tertiary alicyclic amines) is 1. The third-order valence-corrected chi connectivity index (χ3v) is 5.56. The quantitative estimate of drug-likeness (QED) is 0.720. The van der Waals surface area contributed by atoms with Gasteiger partial charge >= 0.3 is 0 Å². The van der Waals surface area contributed by atoms with Crippen molar-refractivity contribution in [3.8, 4) is 0 Å². The van der Waals surface area contributed by atoms with E-state index < -0.39 is 6.10 Å². The van der Waals surface area contributed by atoms with Crippen molar-refractivity contribution in [1.82, 2.24) is 14.9 Å². The van der Waals surface area contributed by atoms with Crippen LogP contribution in [-0.4, -0.2) is 45.1 Å². The molecule has 1 aromatic carbocycles. The fourth-order valence-electron chi connectivity index (χ4n) is 3.20. The first kappa shape index (κ1) is 17.8. The minimum atomic E-state index is -0.486. The van der Waals surface area contributed by atoms with Crippen molar-refractivity contribution >= 4 is 33.4 Å². The van der Waals surface area contributed by atoms with Crippen LogP contribution in [0.3, 0.4) is 0 Å². The number of halogens is 1. The molecular weight excluding hydrogens is 367 g/mol. The number of carbonyl (C=O) groups is 1. The molecule has 0 spiro atoms. The lowest BCUT2D eigenvalue weighted by molar-refractivity contribution is 0.0761. The van der Waals surface area contributed by atoms with E-state index in [0.29, 0.717) is 36.7 Å². The van der Waals surface area contributed by atoms with E-state index in [0.717, 1.165) is 10.3 Å². The van der Waals surface area contributed by atoms with Crippen LogP contribution in [0.15, 0.2) is 35.7 Å². The number of hydrogen-bond acceptors (Lipinski definition) is 6. The van der Waals surface area contributed by atoms with E-state index >= 15 is 0 Å². The SMILES string of the molecule is CC(Nc1nc(C(=O)N2CC[C@H](O)C2)c2sccc2n1)c1cccc(F)c1. The fraction of sp³-hybridized carbons (Fsp3) is 0.316. The Morgan fingerprint density at radius 2 is 2.26 bits per heavy atom. The first-order chi connectivity index (χ1) is 13.0. The van der Waals surface area contributed by atoms with Crippen LogP contribution >= 0.6 is 11.3 Å². The second-order valence-electron chi connectivity index (χ2n) is 6.65. The smallest absolute Gasteiger partial charge is 0.274 e. The minimum Gasteiger partial charge on any atom is -0.391 e. The Balaban J connectivity index is 1.65. The van der Waals surface area contributed by atoms with Gasteiger partial charge in [0.2, 0.25) is 5.95 Å². The maximum atomic E-state index is 13.5. The van der Waals surface area contributed by atoms with Crippen LogP contribution in [0.1, 0.15) is 35.4 Å². The lowest BCUT2D eigenvalue weighted by atomic mass is 10.1. The maximum Gasteiger partial charge on any atom is 0.274 e. The molecule has 1 aliphatic heterocycles. The summed E-state index contributed by atoms with van der Waals surface area (Å²) in [6.45, 7) is 2.71. The molecular formula is C19H19FN4O2S. The predicted molar refractivity (Wildman–Crippen MR) is 102 cm³/mol. The average Bonchev–Trinajstić information content (AvgIpc) is 3.29. The van der Waals surface area contributed by atoms with Gasteiger partial charge in [0.15, 0.2) is 5.69 Å². The normalized spacial score (nSPS) is 18.0. The van der Waals surface area contributed by atoms with Crippen LogP contribution in [0, 0.1) is 5.82 Å². The van der Waals surface area contributed by atoms with Crippen molar-refractivity contribution in [2.45, 2.75) is 25.5 Å². The van der Waals surface area contributed by atoms with Gasteiger partial charge in [-0.15, -0.1) is 11.3 Å². The van der Waals surface area contributed by atoms with Crippen molar-refractivity contribution in [2.24, 2.45) is 0 Å². The number of benzene rings is 1. The summed E-state index contributed by atoms with van der Waals surface area (Å²) < 4.78 is 14.2. The Morgan fingerprint density at radius 1 is 1.41 bits per heavy atom. The zero-order valence-corrected chi connectivity index (χ0v) is 15.5. The van der Waals surface area contributed by atoms with Crippen molar-refractivity contribution in [2.75, 3.05) is 18.4 Å². The van der Waals surface area contributed by atoms with Crippen molar-refractivity contribution in [1.29, 1.82) is 0 Å². The molecule has 0 saturated carbocycles. The highest BCUT2D eigenvalue weighted by Gasteiger charge is 2.28. The summed E-state index contributed by atoms with van der Waals surface area (Å²) in [6, 6.07) is 7.94. The van der Waals surface area contributed by atoms with Crippen LogP contribution in [-0.2, 0) is 0 Å². The number of nitrogens with zero attached hydrogens (tertiary/aromatic N) is 3. The molecule has 2 atom stereocenters. The number of aromatic nitrogens is 2. The van der Waals surface area contributed by atoms with E-state index in [-0.39, 0.29) is 17.8 Å². The van der Waals surface area contributed by atoms with E-state index in [4.69, 9.17) is 0 Å². The number of carbonyl (C=O) groups excluding carboxylic acids is 1. The number of thiophene rings is 1. The van der Waals surface area contributed by atoms with E-state index in [1.54, 1.807) is 11.0 Å². The number of amides is 1. The zero-order chi connectivity index (χ0) is 19.0. The highest BCUT2D eigenvalue weighted by atomic mass is 32.1. The average molecular weight is 386 g/mol. The van der Waals surface area contributed by atoms with Crippen LogP contribution in [0.4, 0.5) is 10.3 Å². The van der Waals surface area contributed by atoms with Gasteiger partial charge in [0.05, 0.1) is 22.4 Å². The molecule has 3 aromatic rings. The van der Waals surface area contributed by atoms with Gasteiger partial charge in [-0.3, -0.25) is 4.79 Å². The summed E-state index contributed by atoms with van der Waals surface area (Å²) in [5, 5.41) is 14.8. The monoisotopic (exact) mass is 386 g/mol. The molecule has 0 radical (unpaired) electrons. The Hall–Kier alpha value is -2.58. The predicted octanol–water partition coefficient (Wildman–Crippen LogP) is 3.21. The topological polar surface area (TPSA) is 78.4 Å². The van der Waals surface area contributed by atoms with Gasteiger partial charge in [0.25, 0.3) is 5.91 Å². The molecule has 2 aromatic heterocycles. The van der Waals surface area contributed by atoms with Gasteiger partial charge in [-0.25, -0.2) is 14.4 Å².